The summed E-state index contributed by atoms with van der Waals surface area (Å²) in [5, 5.41) is 21.8. The van der Waals surface area contributed by atoms with Crippen molar-refractivity contribution in [2.45, 2.75) is 50.7 Å². The molecular formula is C19H24O3. The van der Waals surface area contributed by atoms with Gasteiger partial charge in [0.2, 0.25) is 0 Å². The number of allylic oxidation sites excluding steroid dienone is 1. The van der Waals surface area contributed by atoms with E-state index in [4.69, 9.17) is 4.74 Å². The largest absolute Gasteiger partial charge is 0.497 e. The van der Waals surface area contributed by atoms with Crippen LogP contribution in [0.1, 0.15) is 43.7 Å². The van der Waals surface area contributed by atoms with E-state index in [-0.39, 0.29) is 5.92 Å². The summed E-state index contributed by atoms with van der Waals surface area (Å²) in [5.74, 6) is 1.04. The Balaban J connectivity index is 1.81. The van der Waals surface area contributed by atoms with Crippen LogP contribution in [0.2, 0.25) is 0 Å². The van der Waals surface area contributed by atoms with Crippen LogP contribution in [0.3, 0.4) is 0 Å². The molecule has 4 atom stereocenters. The second-order valence-corrected chi connectivity index (χ2v) is 7.37. The van der Waals surface area contributed by atoms with Gasteiger partial charge in [-0.3, -0.25) is 0 Å². The average Bonchev–Trinajstić information content (AvgIpc) is 2.78. The lowest BCUT2D eigenvalue weighted by atomic mass is 9.57. The van der Waals surface area contributed by atoms with Gasteiger partial charge in [-0.2, -0.15) is 0 Å². The molecule has 0 radical (unpaired) electrons. The first-order valence-corrected chi connectivity index (χ1v) is 8.27. The Morgan fingerprint density at radius 3 is 2.86 bits per heavy atom. The molecule has 1 aromatic rings. The summed E-state index contributed by atoms with van der Waals surface area (Å²) < 4.78 is 5.33. The van der Waals surface area contributed by atoms with E-state index < -0.39 is 17.1 Å². The maximum atomic E-state index is 11.4. The van der Waals surface area contributed by atoms with E-state index in [1.54, 1.807) is 7.11 Å². The van der Waals surface area contributed by atoms with Gasteiger partial charge < -0.3 is 14.9 Å². The molecule has 1 aromatic carbocycles. The normalized spacial score (nSPS) is 39.5. The lowest BCUT2D eigenvalue weighted by molar-refractivity contribution is -0.120. The van der Waals surface area contributed by atoms with Gasteiger partial charge >= 0.3 is 0 Å². The second-order valence-electron chi connectivity index (χ2n) is 7.37. The number of fused-ring (bicyclic) bond motifs is 5. The van der Waals surface area contributed by atoms with Crippen molar-refractivity contribution in [2.24, 2.45) is 11.3 Å². The predicted molar refractivity (Wildman–Crippen MR) is 85.7 cm³/mol. The quantitative estimate of drug-likeness (QED) is 0.838. The Hall–Kier alpha value is -1.32. The Labute approximate surface area is 131 Å². The molecule has 0 heterocycles. The number of hydrogen-bond donors (Lipinski definition) is 2. The number of ether oxygens (including phenoxy) is 1. The van der Waals surface area contributed by atoms with Crippen LogP contribution in [-0.4, -0.2) is 29.0 Å². The van der Waals surface area contributed by atoms with Crippen molar-refractivity contribution in [3.63, 3.8) is 0 Å². The topological polar surface area (TPSA) is 49.7 Å². The fourth-order valence-electron chi connectivity index (χ4n) is 5.03. The third-order valence-corrected chi connectivity index (χ3v) is 6.55. The predicted octanol–water partition coefficient (Wildman–Crippen LogP) is 2.94. The van der Waals surface area contributed by atoms with Gasteiger partial charge in [0.25, 0.3) is 0 Å². The highest BCUT2D eigenvalue weighted by Crippen LogP contribution is 2.60. The standard InChI is InChI=1S/C19H24O3/c1-18-9-7-15-14-5-4-13(22-2)11-12(14)3-6-16(15)19(18,21)10-8-17(18)20/h4-5,7,11,16-17,20-21H,3,6,8-10H2,1-2H3. The van der Waals surface area contributed by atoms with Crippen molar-refractivity contribution < 1.29 is 14.9 Å². The van der Waals surface area contributed by atoms with E-state index >= 15 is 0 Å². The highest BCUT2D eigenvalue weighted by Gasteiger charge is 2.61. The molecule has 0 aliphatic heterocycles. The fourth-order valence-corrected chi connectivity index (χ4v) is 5.03. The Morgan fingerprint density at radius 1 is 1.27 bits per heavy atom. The molecule has 0 amide bonds. The van der Waals surface area contributed by atoms with Crippen LogP contribution in [0, 0.1) is 11.3 Å². The van der Waals surface area contributed by atoms with E-state index in [1.807, 2.05) is 6.07 Å². The molecule has 3 heteroatoms. The zero-order valence-corrected chi connectivity index (χ0v) is 13.3. The molecule has 2 N–H and O–H groups in total. The molecule has 1 saturated carbocycles. The van der Waals surface area contributed by atoms with Crippen molar-refractivity contribution >= 4 is 5.57 Å². The number of methoxy groups -OCH3 is 1. The first kappa shape index (κ1) is 14.3. The molecule has 3 aliphatic rings. The highest BCUT2D eigenvalue weighted by atomic mass is 16.5. The number of hydrogen-bond acceptors (Lipinski definition) is 3. The fraction of sp³-hybridized carbons (Fsp3) is 0.579. The number of benzene rings is 1. The zero-order chi connectivity index (χ0) is 15.5. The number of aliphatic hydroxyl groups is 2. The second kappa shape index (κ2) is 4.59. The third-order valence-electron chi connectivity index (χ3n) is 6.55. The molecule has 1 fully saturated rings. The van der Waals surface area contributed by atoms with E-state index in [2.05, 4.69) is 25.1 Å². The van der Waals surface area contributed by atoms with Crippen LogP contribution < -0.4 is 4.74 Å². The number of aliphatic hydroxyl groups excluding tert-OH is 1. The van der Waals surface area contributed by atoms with Gasteiger partial charge in [-0.15, -0.1) is 0 Å². The molecule has 0 bridgehead atoms. The van der Waals surface area contributed by atoms with Gasteiger partial charge in [0, 0.05) is 11.3 Å². The molecule has 0 saturated heterocycles. The lowest BCUT2D eigenvalue weighted by Crippen LogP contribution is -2.54. The Kier molecular flexibility index (Phi) is 2.98. The Morgan fingerprint density at radius 2 is 2.09 bits per heavy atom. The maximum absolute atomic E-state index is 11.4. The van der Waals surface area contributed by atoms with Gasteiger partial charge in [-0.1, -0.05) is 19.1 Å². The summed E-state index contributed by atoms with van der Waals surface area (Å²) in [6.45, 7) is 2.06. The van der Waals surface area contributed by atoms with Crippen LogP contribution >= 0.6 is 0 Å². The molecular weight excluding hydrogens is 276 g/mol. The van der Waals surface area contributed by atoms with Gasteiger partial charge in [0.1, 0.15) is 5.75 Å². The molecule has 0 aromatic heterocycles. The Bertz CT molecular complexity index is 650. The zero-order valence-electron chi connectivity index (χ0n) is 13.3. The van der Waals surface area contributed by atoms with E-state index in [1.165, 1.54) is 16.7 Å². The molecule has 118 valence electrons. The molecule has 22 heavy (non-hydrogen) atoms. The lowest BCUT2D eigenvalue weighted by Gasteiger charge is -2.51. The van der Waals surface area contributed by atoms with Gasteiger partial charge in [-0.25, -0.2) is 0 Å². The summed E-state index contributed by atoms with van der Waals surface area (Å²) in [7, 11) is 1.70. The van der Waals surface area contributed by atoms with Crippen molar-refractivity contribution in [3.05, 3.63) is 35.4 Å². The minimum atomic E-state index is -0.770. The van der Waals surface area contributed by atoms with Gasteiger partial charge in [0.05, 0.1) is 18.8 Å². The minimum absolute atomic E-state index is 0.143. The summed E-state index contributed by atoms with van der Waals surface area (Å²) >= 11 is 0. The van der Waals surface area contributed by atoms with Crippen molar-refractivity contribution in [1.29, 1.82) is 0 Å². The third kappa shape index (κ3) is 1.64. The number of aryl methyl sites for hydroxylation is 1. The van der Waals surface area contributed by atoms with Crippen molar-refractivity contribution in [1.82, 2.24) is 0 Å². The molecule has 3 nitrogen and oxygen atoms in total. The van der Waals surface area contributed by atoms with Crippen LogP contribution in [-0.2, 0) is 6.42 Å². The summed E-state index contributed by atoms with van der Waals surface area (Å²) in [6, 6.07) is 6.25. The first-order valence-electron chi connectivity index (χ1n) is 8.27. The number of rotatable bonds is 1. The van der Waals surface area contributed by atoms with Crippen LogP contribution in [0.25, 0.3) is 5.57 Å². The van der Waals surface area contributed by atoms with E-state index in [0.29, 0.717) is 12.8 Å². The van der Waals surface area contributed by atoms with E-state index in [0.717, 1.165) is 25.0 Å². The minimum Gasteiger partial charge on any atom is -0.497 e. The molecule has 4 unspecified atom stereocenters. The SMILES string of the molecule is COc1ccc2c(c1)CCC1C2=CCC2(C)C(O)CCC12O. The smallest absolute Gasteiger partial charge is 0.119 e. The molecule has 4 rings (SSSR count). The average molecular weight is 300 g/mol. The maximum Gasteiger partial charge on any atom is 0.119 e. The van der Waals surface area contributed by atoms with Crippen molar-refractivity contribution in [2.75, 3.05) is 7.11 Å². The summed E-state index contributed by atoms with van der Waals surface area (Å²) in [5.41, 5.74) is 2.68. The van der Waals surface area contributed by atoms with Crippen molar-refractivity contribution in [3.8, 4) is 5.75 Å². The van der Waals surface area contributed by atoms with Crippen LogP contribution in [0.5, 0.6) is 5.75 Å². The van der Waals surface area contributed by atoms with Crippen LogP contribution in [0.15, 0.2) is 24.3 Å². The van der Waals surface area contributed by atoms with E-state index in [9.17, 15) is 10.2 Å². The summed E-state index contributed by atoms with van der Waals surface area (Å²) in [6.07, 6.45) is 5.94. The summed E-state index contributed by atoms with van der Waals surface area (Å²) in [4.78, 5) is 0. The van der Waals surface area contributed by atoms with Crippen LogP contribution in [0.4, 0.5) is 0 Å². The van der Waals surface area contributed by atoms with Gasteiger partial charge in [-0.05, 0) is 60.9 Å². The highest BCUT2D eigenvalue weighted by molar-refractivity contribution is 5.74. The monoisotopic (exact) mass is 300 g/mol. The van der Waals surface area contributed by atoms with Gasteiger partial charge in [0.15, 0.2) is 0 Å². The first-order chi connectivity index (χ1) is 10.5. The molecule has 0 spiro atoms. The molecule has 3 aliphatic carbocycles.